The Morgan fingerprint density at radius 2 is 2.11 bits per heavy atom. The highest BCUT2D eigenvalue weighted by atomic mass is 79.9. The van der Waals surface area contributed by atoms with E-state index in [1.807, 2.05) is 0 Å². The molecule has 0 saturated heterocycles. The molecule has 4 nitrogen and oxygen atoms in total. The van der Waals surface area contributed by atoms with Crippen LogP contribution in [-0.4, -0.2) is 25.2 Å². The molecule has 0 fully saturated rings. The molecule has 0 spiro atoms. The molecule has 98 valence electrons. The fraction of sp³-hybridized carbons (Fsp3) is 0.100. The number of benzene rings is 1. The van der Waals surface area contributed by atoms with Gasteiger partial charge in [0.05, 0.1) is 11.3 Å². The molecule has 0 aliphatic rings. The summed E-state index contributed by atoms with van der Waals surface area (Å²) in [6, 6.07) is 2.01. The normalized spacial score (nSPS) is 11.9. The van der Waals surface area contributed by atoms with Gasteiger partial charge in [0.25, 0.3) is 0 Å². The van der Waals surface area contributed by atoms with E-state index in [1.165, 1.54) is 0 Å². The maximum atomic E-state index is 13.8. The zero-order valence-electron chi connectivity index (χ0n) is 8.73. The summed E-state index contributed by atoms with van der Waals surface area (Å²) in [4.78, 5) is 10.1. The lowest BCUT2D eigenvalue weighted by atomic mass is 10.2. The summed E-state index contributed by atoms with van der Waals surface area (Å²) in [5.41, 5.74) is 0.281. The van der Waals surface area contributed by atoms with E-state index in [2.05, 4.69) is 15.9 Å². The molecule has 0 aliphatic heterocycles. The molecule has 8 heteroatoms. The number of halogens is 3. The first-order valence-corrected chi connectivity index (χ1v) is 7.38. The van der Waals surface area contributed by atoms with Gasteiger partial charge in [-0.1, -0.05) is 33.6 Å². The Bertz CT molecular complexity index is 613. The van der Waals surface area contributed by atoms with Crippen molar-refractivity contribution in [1.29, 1.82) is 0 Å². The summed E-state index contributed by atoms with van der Waals surface area (Å²) in [5, 5.41) is 8.77. The van der Waals surface area contributed by atoms with Gasteiger partial charge in [0.2, 0.25) is 0 Å². The van der Waals surface area contributed by atoms with Crippen LogP contribution in [0.15, 0.2) is 33.1 Å². The third-order valence-electron chi connectivity index (χ3n) is 1.97. The van der Waals surface area contributed by atoms with E-state index in [1.54, 1.807) is 0 Å². The molecule has 0 aliphatic carbocycles. The summed E-state index contributed by atoms with van der Waals surface area (Å²) < 4.78 is 37.5. The summed E-state index contributed by atoms with van der Waals surface area (Å²) in [5.74, 6) is -3.34. The minimum Gasteiger partial charge on any atom is -0.478 e. The third-order valence-corrected chi connectivity index (χ3v) is 4.21. The summed E-state index contributed by atoms with van der Waals surface area (Å²) in [6.45, 7) is 0. The maximum absolute atomic E-state index is 13.8. The molecule has 1 aromatic rings. The second kappa shape index (κ2) is 5.81. The quantitative estimate of drug-likeness (QED) is 0.899. The van der Waals surface area contributed by atoms with Crippen molar-refractivity contribution in [2.75, 3.05) is 5.75 Å². The molecule has 0 saturated carbocycles. The van der Waals surface area contributed by atoms with Crippen LogP contribution in [0.3, 0.4) is 0 Å². The lowest BCUT2D eigenvalue weighted by molar-refractivity contribution is 0.0691. The van der Waals surface area contributed by atoms with Gasteiger partial charge >= 0.3 is 5.97 Å². The van der Waals surface area contributed by atoms with Crippen LogP contribution in [-0.2, 0) is 9.84 Å². The average molecular weight is 358 g/mol. The fourth-order valence-electron chi connectivity index (χ4n) is 1.20. The van der Waals surface area contributed by atoms with Gasteiger partial charge in [-0.15, -0.1) is 0 Å². The zero-order valence-corrected chi connectivity index (χ0v) is 11.9. The molecule has 1 N–H and O–H groups in total. The number of carbonyl (C=O) groups is 1. The molecule has 0 atom stereocenters. The van der Waals surface area contributed by atoms with Crippen molar-refractivity contribution in [3.05, 3.63) is 39.6 Å². The number of hydrogen-bond donors (Lipinski definition) is 1. The topological polar surface area (TPSA) is 71.4 Å². The lowest BCUT2D eigenvalue weighted by Crippen LogP contribution is -2.11. The largest absolute Gasteiger partial charge is 0.478 e. The highest BCUT2D eigenvalue weighted by Gasteiger charge is 2.24. The van der Waals surface area contributed by atoms with Crippen molar-refractivity contribution in [1.82, 2.24) is 0 Å². The molecule has 0 aromatic heterocycles. The Morgan fingerprint density at radius 3 is 2.61 bits per heavy atom. The maximum Gasteiger partial charge on any atom is 0.338 e. The molecule has 0 heterocycles. The number of sulfone groups is 1. The van der Waals surface area contributed by atoms with Crippen LogP contribution in [0.1, 0.15) is 10.4 Å². The molecule has 0 unspecified atom stereocenters. The highest BCUT2D eigenvalue weighted by Crippen LogP contribution is 2.25. The van der Waals surface area contributed by atoms with Gasteiger partial charge in [0.15, 0.2) is 15.7 Å². The second-order valence-electron chi connectivity index (χ2n) is 3.21. The lowest BCUT2D eigenvalue weighted by Gasteiger charge is -2.06. The van der Waals surface area contributed by atoms with E-state index in [0.717, 1.165) is 23.7 Å². The molecule has 1 rings (SSSR count). The van der Waals surface area contributed by atoms with Crippen molar-refractivity contribution in [2.24, 2.45) is 0 Å². The number of carboxylic acids is 1. The first-order chi connectivity index (χ1) is 8.29. The van der Waals surface area contributed by atoms with Crippen LogP contribution >= 0.6 is 27.5 Å². The van der Waals surface area contributed by atoms with Crippen molar-refractivity contribution >= 4 is 43.3 Å². The van der Waals surface area contributed by atoms with Crippen molar-refractivity contribution in [3.8, 4) is 0 Å². The van der Waals surface area contributed by atoms with E-state index in [4.69, 9.17) is 16.7 Å². The van der Waals surface area contributed by atoms with Gasteiger partial charge < -0.3 is 5.11 Å². The van der Waals surface area contributed by atoms with Crippen molar-refractivity contribution in [2.45, 2.75) is 4.90 Å². The molecular weight excluding hydrogens is 351 g/mol. The molecule has 0 radical (unpaired) electrons. The minimum absolute atomic E-state index is 0.162. The Labute approximate surface area is 116 Å². The van der Waals surface area contributed by atoms with Crippen molar-refractivity contribution < 1.29 is 22.7 Å². The summed E-state index contributed by atoms with van der Waals surface area (Å²) in [7, 11) is -3.97. The van der Waals surface area contributed by atoms with Gasteiger partial charge in [0.1, 0.15) is 4.90 Å². The molecule has 0 amide bonds. The molecule has 0 bridgehead atoms. The van der Waals surface area contributed by atoms with Crippen LogP contribution in [0.4, 0.5) is 4.39 Å². The van der Waals surface area contributed by atoms with Gasteiger partial charge in [0, 0.05) is 10.0 Å². The molecule has 1 aromatic carbocycles. The van der Waals surface area contributed by atoms with E-state index < -0.39 is 37.8 Å². The minimum atomic E-state index is -3.97. The van der Waals surface area contributed by atoms with Crippen LogP contribution in [0.25, 0.3) is 0 Å². The van der Waals surface area contributed by atoms with Crippen LogP contribution in [0.2, 0.25) is 0 Å². The Hall–Kier alpha value is -0.920. The molecule has 18 heavy (non-hydrogen) atoms. The number of rotatable bonds is 4. The number of hydrogen-bond acceptors (Lipinski definition) is 3. The van der Waals surface area contributed by atoms with E-state index in [-0.39, 0.29) is 4.47 Å². The number of carboxylic acid groups (broad SMARTS) is 1. The Balaban J connectivity index is 3.46. The van der Waals surface area contributed by atoms with E-state index in [9.17, 15) is 17.6 Å². The monoisotopic (exact) mass is 356 g/mol. The Morgan fingerprint density at radius 1 is 1.50 bits per heavy atom. The van der Waals surface area contributed by atoms with Gasteiger partial charge in [-0.2, -0.15) is 0 Å². The summed E-state index contributed by atoms with van der Waals surface area (Å²) in [6.07, 6.45) is 1.12. The van der Waals surface area contributed by atoms with Gasteiger partial charge in [-0.05, 0) is 12.1 Å². The fourth-order valence-corrected chi connectivity index (χ4v) is 3.22. The SMILES string of the molecule is O=C(O)c1cc(Br)cc(S(=O)(=O)C/C=C/Cl)c1F. The summed E-state index contributed by atoms with van der Waals surface area (Å²) >= 11 is 8.14. The van der Waals surface area contributed by atoms with Crippen LogP contribution in [0, 0.1) is 5.82 Å². The highest BCUT2D eigenvalue weighted by molar-refractivity contribution is 9.10. The first kappa shape index (κ1) is 15.1. The second-order valence-corrected chi connectivity index (χ2v) is 6.38. The predicted molar refractivity (Wildman–Crippen MR) is 68.1 cm³/mol. The standard InChI is InChI=1S/C10H7BrClFO4S/c11-6-4-7(10(14)15)9(13)8(5-6)18(16,17)3-1-2-12/h1-2,4-5H,3H2,(H,14,15)/b2-1+. The van der Waals surface area contributed by atoms with Crippen molar-refractivity contribution in [3.63, 3.8) is 0 Å². The van der Waals surface area contributed by atoms with Crippen LogP contribution < -0.4 is 0 Å². The number of aromatic carboxylic acids is 1. The average Bonchev–Trinajstić information content (AvgIpc) is 2.28. The van der Waals surface area contributed by atoms with Gasteiger partial charge in [-0.25, -0.2) is 17.6 Å². The van der Waals surface area contributed by atoms with Gasteiger partial charge in [-0.3, -0.25) is 0 Å². The van der Waals surface area contributed by atoms with Crippen LogP contribution in [0.5, 0.6) is 0 Å². The van der Waals surface area contributed by atoms with E-state index >= 15 is 0 Å². The Kier molecular flexibility index (Phi) is 4.89. The first-order valence-electron chi connectivity index (χ1n) is 4.50. The molecular formula is C10H7BrClFO4S. The smallest absolute Gasteiger partial charge is 0.338 e. The third kappa shape index (κ3) is 3.30. The van der Waals surface area contributed by atoms with E-state index in [0.29, 0.717) is 0 Å². The predicted octanol–water partition coefficient (Wildman–Crippen LogP) is 2.81. The zero-order chi connectivity index (χ0) is 13.9.